The van der Waals surface area contributed by atoms with Gasteiger partial charge in [0.15, 0.2) is 0 Å². The molecule has 1 fully saturated rings. The maximum absolute atomic E-state index is 11.7. The first-order valence-corrected chi connectivity index (χ1v) is 6.05. The Morgan fingerprint density at radius 3 is 2.78 bits per heavy atom. The van der Waals surface area contributed by atoms with Crippen LogP contribution in [-0.4, -0.2) is 47.6 Å². The van der Waals surface area contributed by atoms with Crippen LogP contribution in [0.4, 0.5) is 4.79 Å². The first-order valence-electron chi connectivity index (χ1n) is 4.68. The number of urea groups is 1. The third-order valence-corrected chi connectivity index (χ3v) is 3.02. The number of carbonyl (C=O) groups excluding carboxylic acids is 1. The summed E-state index contributed by atoms with van der Waals surface area (Å²) in [4.78, 5) is 12.9. The standard InChI is InChI=1S/C8H9N3O5S.Na.H/c1-5-2-6(3-9)10-4-7(5)11(8(10)12)16-17(13,14)15;;/h2,6-7H,4H2,1H3,(H,13,14,15);;/q;+1;-1. The fourth-order valence-corrected chi connectivity index (χ4v) is 2.27. The summed E-state index contributed by atoms with van der Waals surface area (Å²) in [7, 11) is -4.76. The maximum atomic E-state index is 11.7. The Morgan fingerprint density at radius 2 is 2.28 bits per heavy atom. The Hall–Kier alpha value is -0.630. The molecule has 1 saturated heterocycles. The molecule has 18 heavy (non-hydrogen) atoms. The molecule has 0 aromatic carbocycles. The molecule has 2 bridgehead atoms. The van der Waals surface area contributed by atoms with Crippen molar-refractivity contribution in [1.82, 2.24) is 9.96 Å². The molecule has 0 radical (unpaired) electrons. The summed E-state index contributed by atoms with van der Waals surface area (Å²) in [5, 5.41) is 9.42. The van der Waals surface area contributed by atoms with Crippen molar-refractivity contribution in [2.24, 2.45) is 0 Å². The summed E-state index contributed by atoms with van der Waals surface area (Å²) < 4.78 is 34.0. The number of nitriles is 1. The van der Waals surface area contributed by atoms with Gasteiger partial charge in [-0.15, -0.1) is 4.28 Å². The van der Waals surface area contributed by atoms with E-state index >= 15 is 0 Å². The SMILES string of the molecule is CC1=CC(C#N)N2CC1N(OS(=O)(=O)O)C2=O.[H-].[Na+]. The van der Waals surface area contributed by atoms with Crippen LogP contribution in [0.1, 0.15) is 8.35 Å². The molecule has 2 aliphatic heterocycles. The predicted molar refractivity (Wildman–Crippen MR) is 54.6 cm³/mol. The molecule has 10 heteroatoms. The first kappa shape index (κ1) is 15.4. The van der Waals surface area contributed by atoms with Gasteiger partial charge in [0.1, 0.15) is 12.1 Å². The topological polar surface area (TPSA) is 111 Å². The zero-order valence-corrected chi connectivity index (χ0v) is 12.6. The molecule has 2 unspecified atom stereocenters. The number of hydroxylamine groups is 2. The molecule has 2 amide bonds. The van der Waals surface area contributed by atoms with Crippen LogP contribution in [0.25, 0.3) is 0 Å². The van der Waals surface area contributed by atoms with E-state index in [4.69, 9.17) is 9.81 Å². The number of hydrogen-bond acceptors (Lipinski definition) is 5. The van der Waals surface area contributed by atoms with Gasteiger partial charge in [0.25, 0.3) is 0 Å². The van der Waals surface area contributed by atoms with Gasteiger partial charge in [-0.25, -0.2) is 4.79 Å². The molecule has 2 heterocycles. The Balaban J connectivity index is 0.00000162. The normalized spacial score (nSPS) is 26.5. The van der Waals surface area contributed by atoms with Crippen molar-refractivity contribution in [2.75, 3.05) is 6.54 Å². The van der Waals surface area contributed by atoms with E-state index in [1.54, 1.807) is 13.0 Å². The Kier molecular flexibility index (Phi) is 4.42. The van der Waals surface area contributed by atoms with Crippen molar-refractivity contribution in [1.29, 1.82) is 5.26 Å². The monoisotopic (exact) mass is 283 g/mol. The summed E-state index contributed by atoms with van der Waals surface area (Å²) in [5.41, 5.74) is 0.641. The predicted octanol–water partition coefficient (Wildman–Crippen LogP) is -3.20. The molecular weight excluding hydrogens is 273 g/mol. The number of carbonyl (C=O) groups is 1. The van der Waals surface area contributed by atoms with Crippen molar-refractivity contribution in [2.45, 2.75) is 19.0 Å². The summed E-state index contributed by atoms with van der Waals surface area (Å²) in [5.74, 6) is 0. The van der Waals surface area contributed by atoms with Gasteiger partial charge < -0.3 is 6.33 Å². The van der Waals surface area contributed by atoms with Gasteiger partial charge in [0.2, 0.25) is 0 Å². The summed E-state index contributed by atoms with van der Waals surface area (Å²) in [6, 6.07) is -0.191. The Labute approximate surface area is 127 Å². The van der Waals surface area contributed by atoms with Crippen LogP contribution in [0.3, 0.4) is 0 Å². The minimum atomic E-state index is -4.76. The molecule has 0 spiro atoms. The Bertz CT molecular complexity index is 545. The molecule has 0 saturated carbocycles. The van der Waals surface area contributed by atoms with Crippen LogP contribution >= 0.6 is 0 Å². The van der Waals surface area contributed by atoms with E-state index in [2.05, 4.69) is 4.28 Å². The first-order chi connectivity index (χ1) is 7.83. The average Bonchev–Trinajstić information content (AvgIpc) is 2.48. The molecule has 2 rings (SSSR count). The summed E-state index contributed by atoms with van der Waals surface area (Å²) >= 11 is 0. The molecule has 94 valence electrons. The molecule has 0 aromatic heterocycles. The van der Waals surface area contributed by atoms with E-state index in [-0.39, 0.29) is 37.5 Å². The van der Waals surface area contributed by atoms with Crippen LogP contribution < -0.4 is 29.6 Å². The van der Waals surface area contributed by atoms with Crippen LogP contribution in [0, 0.1) is 11.3 Å². The van der Waals surface area contributed by atoms with Gasteiger partial charge in [0, 0.05) is 0 Å². The van der Waals surface area contributed by atoms with Gasteiger partial charge in [-0.3, -0.25) is 4.55 Å². The van der Waals surface area contributed by atoms with Crippen molar-refractivity contribution >= 4 is 16.4 Å². The number of fused-ring (bicyclic) bond motifs is 2. The van der Waals surface area contributed by atoms with Gasteiger partial charge in [-0.1, -0.05) is 0 Å². The summed E-state index contributed by atoms with van der Waals surface area (Å²) in [6.07, 6.45) is 1.55. The van der Waals surface area contributed by atoms with E-state index in [0.29, 0.717) is 10.6 Å². The average molecular weight is 283 g/mol. The van der Waals surface area contributed by atoms with Crippen LogP contribution in [0.15, 0.2) is 11.6 Å². The van der Waals surface area contributed by atoms with Crippen molar-refractivity contribution < 1.29 is 53.0 Å². The van der Waals surface area contributed by atoms with Crippen LogP contribution in [0.2, 0.25) is 0 Å². The van der Waals surface area contributed by atoms with E-state index in [1.165, 1.54) is 4.90 Å². The van der Waals surface area contributed by atoms with Crippen molar-refractivity contribution in [3.63, 3.8) is 0 Å². The molecular formula is C8H10N3NaO5S. The van der Waals surface area contributed by atoms with Gasteiger partial charge in [-0.05, 0) is 18.6 Å². The van der Waals surface area contributed by atoms with E-state index in [1.807, 2.05) is 6.07 Å². The van der Waals surface area contributed by atoms with Crippen molar-refractivity contribution in [3.8, 4) is 6.07 Å². The second-order valence-corrected chi connectivity index (χ2v) is 4.77. The fourth-order valence-electron chi connectivity index (χ4n) is 1.90. The van der Waals surface area contributed by atoms with Gasteiger partial charge in [0.05, 0.1) is 12.6 Å². The zero-order chi connectivity index (χ0) is 12.8. The van der Waals surface area contributed by atoms with Gasteiger partial charge >= 0.3 is 46.0 Å². The number of hydrogen-bond donors (Lipinski definition) is 1. The number of nitrogens with zero attached hydrogens (tertiary/aromatic N) is 3. The Morgan fingerprint density at radius 1 is 1.67 bits per heavy atom. The summed E-state index contributed by atoms with van der Waals surface area (Å²) in [6.45, 7) is 1.82. The quantitative estimate of drug-likeness (QED) is 0.324. The minimum absolute atomic E-state index is 0. The van der Waals surface area contributed by atoms with E-state index < -0.39 is 28.5 Å². The second-order valence-electron chi connectivity index (χ2n) is 3.76. The molecule has 2 atom stereocenters. The molecule has 0 aromatic rings. The molecule has 8 nitrogen and oxygen atoms in total. The van der Waals surface area contributed by atoms with Crippen molar-refractivity contribution in [3.05, 3.63) is 11.6 Å². The fraction of sp³-hybridized carbons (Fsp3) is 0.500. The zero-order valence-electron chi connectivity index (χ0n) is 10.8. The van der Waals surface area contributed by atoms with E-state index in [9.17, 15) is 13.2 Å². The molecule has 0 aliphatic carbocycles. The number of amides is 2. The molecule has 1 N–H and O–H groups in total. The maximum Gasteiger partial charge on any atom is 1.00 e. The number of rotatable bonds is 2. The van der Waals surface area contributed by atoms with Crippen LogP contribution in [0.5, 0.6) is 0 Å². The van der Waals surface area contributed by atoms with Gasteiger partial charge in [-0.2, -0.15) is 18.7 Å². The second kappa shape index (κ2) is 5.16. The smallest absolute Gasteiger partial charge is 1.00 e. The molecule has 2 aliphatic rings. The minimum Gasteiger partial charge on any atom is -1.00 e. The largest absolute Gasteiger partial charge is 1.00 e. The van der Waals surface area contributed by atoms with Crippen LogP contribution in [-0.2, 0) is 14.7 Å². The third kappa shape index (κ3) is 2.69. The third-order valence-electron chi connectivity index (χ3n) is 2.68. The van der Waals surface area contributed by atoms with E-state index in [0.717, 1.165) is 0 Å².